The van der Waals surface area contributed by atoms with Crippen LogP contribution in [0.15, 0.2) is 46.3 Å². The van der Waals surface area contributed by atoms with Crippen LogP contribution in [0.3, 0.4) is 0 Å². The molecule has 2 aromatic heterocycles. The number of thiazole rings is 1. The first-order chi connectivity index (χ1) is 12.1. The van der Waals surface area contributed by atoms with Crippen molar-refractivity contribution in [2.45, 2.75) is 0 Å². The van der Waals surface area contributed by atoms with Crippen molar-refractivity contribution < 1.29 is 14.9 Å². The van der Waals surface area contributed by atoms with E-state index in [0.717, 1.165) is 32.0 Å². The lowest BCUT2D eigenvalue weighted by Gasteiger charge is -2.04. The summed E-state index contributed by atoms with van der Waals surface area (Å²) in [4.78, 5) is 5.31. The highest BCUT2D eigenvalue weighted by Gasteiger charge is 2.16. The fourth-order valence-electron chi connectivity index (χ4n) is 2.48. The largest absolute Gasteiger partial charge is 0.504 e. The first kappa shape index (κ1) is 15.9. The van der Waals surface area contributed by atoms with E-state index in [-0.39, 0.29) is 11.5 Å². The van der Waals surface area contributed by atoms with Crippen molar-refractivity contribution in [3.8, 4) is 39.9 Å². The predicted octanol–water partition coefficient (Wildman–Crippen LogP) is 4.31. The molecule has 0 aliphatic heterocycles. The number of nitrogens with zero attached hydrogens (tertiary/aromatic N) is 3. The molecule has 25 heavy (non-hydrogen) atoms. The Kier molecular flexibility index (Phi) is 3.85. The molecule has 8 heteroatoms. The maximum atomic E-state index is 9.74. The van der Waals surface area contributed by atoms with Crippen LogP contribution in [0, 0.1) is 0 Å². The van der Waals surface area contributed by atoms with Gasteiger partial charge in [-0.1, -0.05) is 15.9 Å². The number of rotatable bonds is 3. The van der Waals surface area contributed by atoms with Gasteiger partial charge in [0.25, 0.3) is 0 Å². The van der Waals surface area contributed by atoms with Crippen LogP contribution in [0.25, 0.3) is 27.6 Å². The molecule has 0 unspecified atom stereocenters. The highest BCUT2D eigenvalue weighted by atomic mass is 79.9. The molecule has 0 aliphatic rings. The molecule has 4 aromatic rings. The normalized spacial score (nSPS) is 11.1. The van der Waals surface area contributed by atoms with E-state index in [4.69, 9.17) is 4.74 Å². The second-order valence-corrected chi connectivity index (χ2v) is 6.99. The fourth-order valence-corrected chi connectivity index (χ4v) is 3.73. The third-order valence-corrected chi connectivity index (χ3v) is 5.27. The van der Waals surface area contributed by atoms with Crippen LogP contribution in [0.1, 0.15) is 0 Å². The summed E-state index contributed by atoms with van der Waals surface area (Å²) in [6.07, 6.45) is 0. The van der Waals surface area contributed by atoms with Crippen LogP contribution in [-0.2, 0) is 0 Å². The molecular weight excluding hydrogens is 406 g/mol. The molecule has 2 aromatic carbocycles. The molecule has 4 rings (SSSR count). The first-order valence-electron chi connectivity index (χ1n) is 7.27. The second-order valence-electron chi connectivity index (χ2n) is 5.30. The highest BCUT2D eigenvalue weighted by Crippen LogP contribution is 2.34. The van der Waals surface area contributed by atoms with Crippen molar-refractivity contribution in [2.24, 2.45) is 0 Å². The zero-order valence-corrected chi connectivity index (χ0v) is 15.4. The van der Waals surface area contributed by atoms with Crippen molar-refractivity contribution in [3.05, 3.63) is 46.3 Å². The van der Waals surface area contributed by atoms with Gasteiger partial charge in [0.15, 0.2) is 17.3 Å². The number of aromatic nitrogens is 3. The van der Waals surface area contributed by atoms with Gasteiger partial charge in [-0.15, -0.1) is 16.4 Å². The van der Waals surface area contributed by atoms with E-state index in [2.05, 4.69) is 26.0 Å². The van der Waals surface area contributed by atoms with E-state index in [1.807, 2.05) is 23.6 Å². The summed E-state index contributed by atoms with van der Waals surface area (Å²) in [6, 6.07) is 10.3. The summed E-state index contributed by atoms with van der Waals surface area (Å²) in [7, 11) is 1.61. The Balaban J connectivity index is 1.85. The Hall–Kier alpha value is -2.58. The third kappa shape index (κ3) is 2.73. The van der Waals surface area contributed by atoms with Gasteiger partial charge in [0.1, 0.15) is 5.75 Å². The average molecular weight is 418 g/mol. The smallest absolute Gasteiger partial charge is 0.213 e. The maximum absolute atomic E-state index is 9.74. The number of methoxy groups -OCH3 is 1. The van der Waals surface area contributed by atoms with Crippen molar-refractivity contribution >= 4 is 32.2 Å². The molecule has 2 heterocycles. The van der Waals surface area contributed by atoms with Gasteiger partial charge in [-0.05, 0) is 36.4 Å². The maximum Gasteiger partial charge on any atom is 0.213 e. The van der Waals surface area contributed by atoms with Gasteiger partial charge in [0.2, 0.25) is 4.96 Å². The average Bonchev–Trinajstić information content (AvgIpc) is 3.18. The van der Waals surface area contributed by atoms with Gasteiger partial charge in [-0.2, -0.15) is 4.98 Å². The van der Waals surface area contributed by atoms with E-state index < -0.39 is 0 Å². The van der Waals surface area contributed by atoms with Gasteiger partial charge in [0, 0.05) is 21.0 Å². The zero-order chi connectivity index (χ0) is 17.6. The molecule has 0 atom stereocenters. The molecule has 0 aliphatic carbocycles. The van der Waals surface area contributed by atoms with Crippen LogP contribution < -0.4 is 4.74 Å². The Morgan fingerprint density at radius 3 is 2.72 bits per heavy atom. The monoisotopic (exact) mass is 417 g/mol. The van der Waals surface area contributed by atoms with Crippen LogP contribution in [-0.4, -0.2) is 31.9 Å². The predicted molar refractivity (Wildman–Crippen MR) is 99.3 cm³/mol. The molecule has 0 amide bonds. The van der Waals surface area contributed by atoms with Gasteiger partial charge in [-0.3, -0.25) is 0 Å². The summed E-state index contributed by atoms with van der Waals surface area (Å²) in [5.74, 6) is 0.962. The molecule has 0 saturated carbocycles. The Labute approximate surface area is 155 Å². The number of hydrogen-bond acceptors (Lipinski definition) is 6. The van der Waals surface area contributed by atoms with E-state index in [9.17, 15) is 10.2 Å². The lowest BCUT2D eigenvalue weighted by Crippen LogP contribution is -1.90. The van der Waals surface area contributed by atoms with E-state index in [0.29, 0.717) is 5.82 Å². The van der Waals surface area contributed by atoms with Gasteiger partial charge in [0.05, 0.1) is 12.8 Å². The van der Waals surface area contributed by atoms with Crippen molar-refractivity contribution in [3.63, 3.8) is 0 Å². The lowest BCUT2D eigenvalue weighted by atomic mass is 10.1. The number of hydrogen-bond donors (Lipinski definition) is 2. The summed E-state index contributed by atoms with van der Waals surface area (Å²) in [6.45, 7) is 0. The van der Waals surface area contributed by atoms with Gasteiger partial charge >= 0.3 is 0 Å². The fraction of sp³-hybridized carbons (Fsp3) is 0.0588. The number of phenols is 2. The molecule has 0 bridgehead atoms. The lowest BCUT2D eigenvalue weighted by molar-refractivity contribution is 0.404. The Morgan fingerprint density at radius 2 is 1.96 bits per heavy atom. The molecule has 126 valence electrons. The SMILES string of the molecule is COc1ccc(Br)c(-c2nc3scc(-c4ccc(O)c(O)c4)n3n2)c1. The summed E-state index contributed by atoms with van der Waals surface area (Å²) >= 11 is 4.97. The minimum Gasteiger partial charge on any atom is -0.504 e. The molecule has 0 radical (unpaired) electrons. The number of fused-ring (bicyclic) bond motifs is 1. The number of ether oxygens (including phenoxy) is 1. The third-order valence-electron chi connectivity index (χ3n) is 3.77. The Morgan fingerprint density at radius 1 is 1.12 bits per heavy atom. The molecule has 0 saturated heterocycles. The second kappa shape index (κ2) is 6.05. The molecular formula is C17H12BrN3O3S. The number of benzene rings is 2. The van der Waals surface area contributed by atoms with Gasteiger partial charge < -0.3 is 14.9 Å². The topological polar surface area (TPSA) is 79.9 Å². The van der Waals surface area contributed by atoms with Crippen molar-refractivity contribution in [2.75, 3.05) is 7.11 Å². The molecule has 2 N–H and O–H groups in total. The molecule has 0 fully saturated rings. The van der Waals surface area contributed by atoms with Crippen molar-refractivity contribution in [1.29, 1.82) is 0 Å². The summed E-state index contributed by atoms with van der Waals surface area (Å²) < 4.78 is 7.86. The molecule has 6 nitrogen and oxygen atoms in total. The standard InChI is InChI=1S/C17H12BrN3O3S/c1-24-10-3-4-12(18)11(7-10)16-19-17-21(20-16)13(8-25-17)9-2-5-14(22)15(23)6-9/h2-8,22-23H,1H3. The Bertz CT molecular complexity index is 1090. The first-order valence-corrected chi connectivity index (χ1v) is 8.94. The summed E-state index contributed by atoms with van der Waals surface area (Å²) in [5, 5.41) is 25.7. The minimum atomic E-state index is -0.173. The minimum absolute atomic E-state index is 0.158. The zero-order valence-electron chi connectivity index (χ0n) is 13.0. The highest BCUT2D eigenvalue weighted by molar-refractivity contribution is 9.10. The summed E-state index contributed by atoms with van der Waals surface area (Å²) in [5.41, 5.74) is 2.35. The van der Waals surface area contributed by atoms with Crippen LogP contribution in [0.4, 0.5) is 0 Å². The van der Waals surface area contributed by atoms with Crippen LogP contribution >= 0.6 is 27.3 Å². The van der Waals surface area contributed by atoms with E-state index in [1.54, 1.807) is 17.7 Å². The number of phenolic OH excluding ortho intramolecular Hbond substituents is 2. The molecule has 0 spiro atoms. The van der Waals surface area contributed by atoms with Crippen LogP contribution in [0.2, 0.25) is 0 Å². The van der Waals surface area contributed by atoms with Crippen molar-refractivity contribution in [1.82, 2.24) is 14.6 Å². The number of halogens is 1. The van der Waals surface area contributed by atoms with Gasteiger partial charge in [-0.25, -0.2) is 4.52 Å². The van der Waals surface area contributed by atoms with E-state index >= 15 is 0 Å². The van der Waals surface area contributed by atoms with E-state index in [1.165, 1.54) is 23.5 Å². The quantitative estimate of drug-likeness (QED) is 0.485. The van der Waals surface area contributed by atoms with Crippen LogP contribution in [0.5, 0.6) is 17.2 Å². The number of aromatic hydroxyl groups is 2.